The number of hydrogen-bond donors (Lipinski definition) is 2. The number of carboxylic acids is 1. The van der Waals surface area contributed by atoms with Gasteiger partial charge in [0.05, 0.1) is 19.6 Å². The molecular formula is C11H19NO5. The Morgan fingerprint density at radius 3 is 2.65 bits per heavy atom. The third-order valence-electron chi connectivity index (χ3n) is 2.60. The lowest BCUT2D eigenvalue weighted by molar-refractivity contribution is -0.138. The van der Waals surface area contributed by atoms with Crippen molar-refractivity contribution in [2.75, 3.05) is 26.9 Å². The lowest BCUT2D eigenvalue weighted by Crippen LogP contribution is -2.40. The molecule has 17 heavy (non-hydrogen) atoms. The fourth-order valence-electron chi connectivity index (χ4n) is 1.58. The van der Waals surface area contributed by atoms with E-state index in [1.807, 2.05) is 0 Å². The van der Waals surface area contributed by atoms with Gasteiger partial charge in [-0.2, -0.15) is 0 Å². The minimum atomic E-state index is -0.887. The van der Waals surface area contributed by atoms with Gasteiger partial charge in [0.2, 0.25) is 5.91 Å². The van der Waals surface area contributed by atoms with Crippen LogP contribution in [-0.4, -0.2) is 50.0 Å². The van der Waals surface area contributed by atoms with Crippen LogP contribution >= 0.6 is 0 Å². The molecule has 6 nitrogen and oxygen atoms in total. The van der Waals surface area contributed by atoms with E-state index < -0.39 is 5.97 Å². The van der Waals surface area contributed by atoms with Gasteiger partial charge >= 0.3 is 5.97 Å². The Bertz CT molecular complexity index is 265. The normalized spacial score (nSPS) is 16.5. The van der Waals surface area contributed by atoms with Crippen LogP contribution in [0.1, 0.15) is 19.3 Å². The van der Waals surface area contributed by atoms with Crippen molar-refractivity contribution in [1.82, 2.24) is 5.32 Å². The van der Waals surface area contributed by atoms with E-state index in [1.165, 1.54) is 0 Å². The molecular weight excluding hydrogens is 226 g/mol. The Morgan fingerprint density at radius 1 is 1.41 bits per heavy atom. The molecule has 1 amide bonds. The number of ether oxygens (including phenoxy) is 2. The highest BCUT2D eigenvalue weighted by molar-refractivity contribution is 5.78. The average molecular weight is 245 g/mol. The van der Waals surface area contributed by atoms with Gasteiger partial charge in [-0.25, -0.2) is 0 Å². The fraction of sp³-hybridized carbons (Fsp3) is 0.818. The van der Waals surface area contributed by atoms with Crippen LogP contribution in [0.25, 0.3) is 0 Å². The summed E-state index contributed by atoms with van der Waals surface area (Å²) < 4.78 is 9.83. The molecule has 0 saturated heterocycles. The van der Waals surface area contributed by atoms with Gasteiger partial charge < -0.3 is 19.9 Å². The molecule has 1 saturated carbocycles. The second-order valence-corrected chi connectivity index (χ2v) is 4.15. The average Bonchev–Trinajstić information content (AvgIpc) is 3.06. The minimum absolute atomic E-state index is 0.0194. The zero-order valence-corrected chi connectivity index (χ0v) is 9.98. The van der Waals surface area contributed by atoms with Gasteiger partial charge in [-0.1, -0.05) is 0 Å². The molecule has 0 radical (unpaired) electrons. The number of amides is 1. The number of hydrogen-bond acceptors (Lipinski definition) is 4. The van der Waals surface area contributed by atoms with Gasteiger partial charge in [0.15, 0.2) is 0 Å². The van der Waals surface area contributed by atoms with Crippen molar-refractivity contribution in [2.45, 2.75) is 25.3 Å². The molecule has 1 unspecified atom stereocenters. The first-order chi connectivity index (χ1) is 8.13. The van der Waals surface area contributed by atoms with E-state index in [9.17, 15) is 9.59 Å². The third-order valence-corrected chi connectivity index (χ3v) is 2.60. The number of carbonyl (C=O) groups excluding carboxylic acids is 1. The van der Waals surface area contributed by atoms with Crippen LogP contribution in [-0.2, 0) is 19.1 Å². The van der Waals surface area contributed by atoms with Crippen LogP contribution in [0.5, 0.6) is 0 Å². The predicted octanol–water partition coefficient (Wildman–Crippen LogP) is 0.0189. The number of carboxylic acid groups (broad SMARTS) is 1. The molecule has 1 fully saturated rings. The van der Waals surface area contributed by atoms with Crippen molar-refractivity contribution in [1.29, 1.82) is 0 Å². The van der Waals surface area contributed by atoms with E-state index in [-0.39, 0.29) is 25.0 Å². The predicted molar refractivity (Wildman–Crippen MR) is 59.6 cm³/mol. The number of nitrogens with one attached hydrogen (secondary N) is 1. The Morgan fingerprint density at radius 2 is 2.12 bits per heavy atom. The monoisotopic (exact) mass is 245 g/mol. The zero-order chi connectivity index (χ0) is 12.7. The van der Waals surface area contributed by atoms with Crippen molar-refractivity contribution < 1.29 is 24.2 Å². The summed E-state index contributed by atoms with van der Waals surface area (Å²) in [5.41, 5.74) is 0. The second kappa shape index (κ2) is 7.24. The van der Waals surface area contributed by atoms with Crippen molar-refractivity contribution in [2.24, 2.45) is 5.92 Å². The molecule has 1 aliphatic rings. The maximum absolute atomic E-state index is 11.5. The molecule has 0 aromatic carbocycles. The van der Waals surface area contributed by atoms with E-state index in [0.29, 0.717) is 19.1 Å². The lowest BCUT2D eigenvalue weighted by Gasteiger charge is -2.16. The van der Waals surface area contributed by atoms with Gasteiger partial charge in [0.1, 0.15) is 6.61 Å². The summed E-state index contributed by atoms with van der Waals surface area (Å²) in [4.78, 5) is 22.1. The Hall–Kier alpha value is -1.14. The van der Waals surface area contributed by atoms with E-state index in [1.54, 1.807) is 7.11 Å². The fourth-order valence-corrected chi connectivity index (χ4v) is 1.58. The van der Waals surface area contributed by atoms with Gasteiger partial charge in [0.25, 0.3) is 0 Å². The van der Waals surface area contributed by atoms with Crippen molar-refractivity contribution in [3.8, 4) is 0 Å². The summed E-state index contributed by atoms with van der Waals surface area (Å²) in [6.45, 7) is 0.748. The van der Waals surface area contributed by atoms with Crippen LogP contribution in [0, 0.1) is 5.92 Å². The highest BCUT2D eigenvalue weighted by atomic mass is 16.5. The van der Waals surface area contributed by atoms with Crippen LogP contribution in [0.4, 0.5) is 0 Å². The number of aliphatic carboxylic acids is 1. The molecule has 0 spiro atoms. The summed E-state index contributed by atoms with van der Waals surface area (Å²) in [5, 5.41) is 11.4. The summed E-state index contributed by atoms with van der Waals surface area (Å²) in [7, 11) is 1.55. The third kappa shape index (κ3) is 6.23. The molecule has 1 atom stereocenters. The molecule has 1 rings (SSSR count). The van der Waals surface area contributed by atoms with E-state index >= 15 is 0 Å². The lowest BCUT2D eigenvalue weighted by atomic mass is 10.1. The van der Waals surface area contributed by atoms with E-state index in [4.69, 9.17) is 14.6 Å². The van der Waals surface area contributed by atoms with Crippen molar-refractivity contribution in [3.05, 3.63) is 0 Å². The topological polar surface area (TPSA) is 84.9 Å². The Labute approximate surface area is 100 Å². The number of carbonyl (C=O) groups is 2. The largest absolute Gasteiger partial charge is 0.481 e. The first kappa shape index (κ1) is 13.9. The molecule has 0 aliphatic heterocycles. The first-order valence-electron chi connectivity index (χ1n) is 5.71. The summed E-state index contributed by atoms with van der Waals surface area (Å²) in [6, 6.07) is -0.258. The van der Waals surface area contributed by atoms with E-state index in [2.05, 4.69) is 5.32 Å². The van der Waals surface area contributed by atoms with Crippen molar-refractivity contribution >= 4 is 11.9 Å². The summed E-state index contributed by atoms with van der Waals surface area (Å²) >= 11 is 0. The Kier molecular flexibility index (Phi) is 5.93. The molecule has 98 valence electrons. The molecule has 0 bridgehead atoms. The van der Waals surface area contributed by atoms with Crippen LogP contribution in [0.3, 0.4) is 0 Å². The first-order valence-corrected chi connectivity index (χ1v) is 5.71. The molecule has 0 aromatic heterocycles. The van der Waals surface area contributed by atoms with Crippen molar-refractivity contribution in [3.63, 3.8) is 0 Å². The van der Waals surface area contributed by atoms with Gasteiger partial charge in [-0.3, -0.25) is 9.59 Å². The second-order valence-electron chi connectivity index (χ2n) is 4.15. The standard InChI is InChI=1S/C11H19NO5/c1-16-4-5-17-7-10(13)12-9(6-11(14)15)8-2-3-8/h8-9H,2-7H2,1H3,(H,12,13)(H,14,15). The zero-order valence-electron chi connectivity index (χ0n) is 9.98. The molecule has 0 aromatic rings. The maximum Gasteiger partial charge on any atom is 0.305 e. The molecule has 6 heteroatoms. The number of methoxy groups -OCH3 is 1. The van der Waals surface area contributed by atoms with Gasteiger partial charge in [-0.15, -0.1) is 0 Å². The molecule has 1 aliphatic carbocycles. The minimum Gasteiger partial charge on any atom is -0.481 e. The summed E-state index contributed by atoms with van der Waals surface area (Å²) in [6.07, 6.45) is 1.96. The highest BCUT2D eigenvalue weighted by Crippen LogP contribution is 2.33. The van der Waals surface area contributed by atoms with E-state index in [0.717, 1.165) is 12.8 Å². The maximum atomic E-state index is 11.5. The summed E-state index contributed by atoms with van der Waals surface area (Å²) in [5.74, 6) is -0.837. The smallest absolute Gasteiger partial charge is 0.305 e. The van der Waals surface area contributed by atoms with Crippen LogP contribution in [0.2, 0.25) is 0 Å². The van der Waals surface area contributed by atoms with Crippen LogP contribution in [0.15, 0.2) is 0 Å². The highest BCUT2D eigenvalue weighted by Gasteiger charge is 2.33. The molecule has 2 N–H and O–H groups in total. The SMILES string of the molecule is COCCOCC(=O)NC(CC(=O)O)C1CC1. The Balaban J connectivity index is 2.19. The van der Waals surface area contributed by atoms with Crippen LogP contribution < -0.4 is 5.32 Å². The van der Waals surface area contributed by atoms with Gasteiger partial charge in [0, 0.05) is 13.2 Å². The van der Waals surface area contributed by atoms with Gasteiger partial charge in [-0.05, 0) is 18.8 Å². The number of rotatable bonds is 9. The quantitative estimate of drug-likeness (QED) is 0.559. The molecule has 0 heterocycles.